The molecule has 5 heteroatoms. The second kappa shape index (κ2) is 7.76. The molecule has 2 aromatic carbocycles. The van der Waals surface area contributed by atoms with Crippen molar-refractivity contribution >= 4 is 11.8 Å². The minimum Gasteiger partial charge on any atom is -0.352 e. The monoisotopic (exact) mass is 377 g/mol. The summed E-state index contributed by atoms with van der Waals surface area (Å²) in [4.78, 5) is 26.6. The number of hydrogen-bond donors (Lipinski definition) is 2. The Balaban J connectivity index is 1.45. The Bertz CT molecular complexity index is 857. The van der Waals surface area contributed by atoms with E-state index in [1.54, 1.807) is 6.92 Å². The van der Waals surface area contributed by atoms with E-state index in [1.807, 2.05) is 59.5 Å². The van der Waals surface area contributed by atoms with Crippen LogP contribution in [0.15, 0.2) is 54.6 Å². The predicted molar refractivity (Wildman–Crippen MR) is 110 cm³/mol. The lowest BCUT2D eigenvalue weighted by molar-refractivity contribution is -0.119. The maximum atomic E-state index is 13.3. The summed E-state index contributed by atoms with van der Waals surface area (Å²) in [6, 6.07) is 18.1. The quantitative estimate of drug-likeness (QED) is 0.865. The largest absolute Gasteiger partial charge is 0.352 e. The Kier molecular flexibility index (Phi) is 5.18. The van der Waals surface area contributed by atoms with E-state index >= 15 is 0 Å². The lowest BCUT2D eigenvalue weighted by Gasteiger charge is -2.40. The van der Waals surface area contributed by atoms with Gasteiger partial charge in [-0.2, -0.15) is 0 Å². The lowest BCUT2D eigenvalue weighted by atomic mass is 9.85. The Hall–Kier alpha value is -2.66. The molecule has 2 fully saturated rings. The smallest absolute Gasteiger partial charge is 0.254 e. The first-order chi connectivity index (χ1) is 13.6. The summed E-state index contributed by atoms with van der Waals surface area (Å²) >= 11 is 0. The van der Waals surface area contributed by atoms with Crippen LogP contribution in [0, 0.1) is 0 Å². The summed E-state index contributed by atoms with van der Waals surface area (Å²) in [6.07, 6.45) is 2.78. The highest BCUT2D eigenvalue weighted by molar-refractivity contribution is 6.01. The zero-order valence-corrected chi connectivity index (χ0v) is 16.3. The van der Waals surface area contributed by atoms with Gasteiger partial charge in [0.25, 0.3) is 5.91 Å². The molecule has 1 spiro atoms. The highest BCUT2D eigenvalue weighted by atomic mass is 16.2. The second-order valence-electron chi connectivity index (χ2n) is 7.97. The van der Waals surface area contributed by atoms with E-state index in [4.69, 9.17) is 0 Å². The van der Waals surface area contributed by atoms with E-state index in [2.05, 4.69) is 10.6 Å². The van der Waals surface area contributed by atoms with Crippen molar-refractivity contribution in [3.05, 3.63) is 60.2 Å². The minimum atomic E-state index is 0.0222. The molecular weight excluding hydrogens is 350 g/mol. The molecule has 146 valence electrons. The van der Waals surface area contributed by atoms with Crippen molar-refractivity contribution in [1.82, 2.24) is 15.5 Å². The number of amides is 2. The number of nitrogens with zero attached hydrogens (tertiary/aromatic N) is 1. The number of nitrogens with one attached hydrogen (secondary N) is 2. The molecule has 4 rings (SSSR count). The number of rotatable bonds is 3. The van der Waals surface area contributed by atoms with Crippen LogP contribution in [0.1, 0.15) is 36.5 Å². The molecule has 0 aromatic heterocycles. The van der Waals surface area contributed by atoms with Crippen molar-refractivity contribution in [2.75, 3.05) is 19.6 Å². The van der Waals surface area contributed by atoms with Crippen LogP contribution in [-0.4, -0.2) is 47.9 Å². The molecule has 2 N–H and O–H groups in total. The number of benzene rings is 2. The summed E-state index contributed by atoms with van der Waals surface area (Å²) < 4.78 is 0. The van der Waals surface area contributed by atoms with Gasteiger partial charge in [-0.15, -0.1) is 0 Å². The Labute approximate surface area is 166 Å². The summed E-state index contributed by atoms with van der Waals surface area (Å²) in [7, 11) is 0. The van der Waals surface area contributed by atoms with Crippen LogP contribution in [0.4, 0.5) is 0 Å². The molecule has 2 aliphatic heterocycles. The van der Waals surface area contributed by atoms with E-state index in [0.29, 0.717) is 0 Å². The maximum absolute atomic E-state index is 13.3. The first-order valence-electron chi connectivity index (χ1n) is 10.0. The fourth-order valence-corrected chi connectivity index (χ4v) is 4.57. The van der Waals surface area contributed by atoms with Crippen molar-refractivity contribution in [2.45, 2.75) is 37.8 Å². The molecule has 0 unspecified atom stereocenters. The molecule has 5 nitrogen and oxygen atoms in total. The average molecular weight is 377 g/mol. The SMILES string of the molecule is CC(=O)N[C@H]1CNC2(CCN(C(=O)c3ccccc3-c3ccccc3)CC2)C1. The van der Waals surface area contributed by atoms with Crippen LogP contribution in [-0.2, 0) is 4.79 Å². The number of likely N-dealkylation sites (tertiary alicyclic amines) is 1. The highest BCUT2D eigenvalue weighted by Gasteiger charge is 2.42. The molecule has 2 saturated heterocycles. The van der Waals surface area contributed by atoms with Crippen LogP contribution in [0.5, 0.6) is 0 Å². The van der Waals surface area contributed by atoms with Crippen LogP contribution in [0.2, 0.25) is 0 Å². The minimum absolute atomic E-state index is 0.0222. The fourth-order valence-electron chi connectivity index (χ4n) is 4.57. The van der Waals surface area contributed by atoms with Gasteiger partial charge >= 0.3 is 0 Å². The topological polar surface area (TPSA) is 61.4 Å². The van der Waals surface area contributed by atoms with Gasteiger partial charge in [0.15, 0.2) is 0 Å². The number of carbonyl (C=O) groups is 2. The lowest BCUT2D eigenvalue weighted by Crippen LogP contribution is -2.51. The standard InChI is InChI=1S/C23H27N3O2/c1-17(27)25-19-15-23(24-16-19)11-13-26(14-12-23)22(28)21-10-6-5-9-20(21)18-7-3-2-4-8-18/h2-10,19,24H,11-16H2,1H3,(H,25,27)/t19-/m1/s1. The first kappa shape index (κ1) is 18.7. The van der Waals surface area contributed by atoms with Gasteiger partial charge in [-0.1, -0.05) is 48.5 Å². The molecule has 0 saturated carbocycles. The molecule has 2 heterocycles. The molecule has 2 amide bonds. The summed E-state index contributed by atoms with van der Waals surface area (Å²) in [5.74, 6) is 0.125. The first-order valence-corrected chi connectivity index (χ1v) is 10.0. The summed E-state index contributed by atoms with van der Waals surface area (Å²) in [5.41, 5.74) is 2.86. The molecule has 0 aliphatic carbocycles. The molecule has 2 aliphatic rings. The molecular formula is C23H27N3O2. The molecule has 2 aromatic rings. The van der Waals surface area contributed by atoms with Crippen LogP contribution >= 0.6 is 0 Å². The van der Waals surface area contributed by atoms with Crippen LogP contribution in [0.3, 0.4) is 0 Å². The molecule has 0 radical (unpaired) electrons. The van der Waals surface area contributed by atoms with E-state index < -0.39 is 0 Å². The fraction of sp³-hybridized carbons (Fsp3) is 0.391. The van der Waals surface area contributed by atoms with Gasteiger partial charge in [0.1, 0.15) is 0 Å². The van der Waals surface area contributed by atoms with Gasteiger partial charge in [-0.05, 0) is 36.5 Å². The van der Waals surface area contributed by atoms with Crippen molar-refractivity contribution < 1.29 is 9.59 Å². The average Bonchev–Trinajstić information content (AvgIpc) is 3.10. The molecule has 1 atom stereocenters. The van der Waals surface area contributed by atoms with E-state index in [0.717, 1.165) is 55.6 Å². The third-order valence-corrected chi connectivity index (χ3v) is 6.02. The Morgan fingerprint density at radius 2 is 1.71 bits per heavy atom. The van der Waals surface area contributed by atoms with Crippen LogP contribution in [0.25, 0.3) is 11.1 Å². The van der Waals surface area contributed by atoms with Gasteiger partial charge in [0, 0.05) is 43.7 Å². The van der Waals surface area contributed by atoms with Crippen molar-refractivity contribution in [3.63, 3.8) is 0 Å². The van der Waals surface area contributed by atoms with Gasteiger partial charge in [0.05, 0.1) is 0 Å². The van der Waals surface area contributed by atoms with Crippen LogP contribution < -0.4 is 10.6 Å². The highest BCUT2D eigenvalue weighted by Crippen LogP contribution is 2.32. The third kappa shape index (κ3) is 3.80. The van der Waals surface area contributed by atoms with Gasteiger partial charge in [0.2, 0.25) is 5.91 Å². The van der Waals surface area contributed by atoms with Gasteiger partial charge in [-0.25, -0.2) is 0 Å². The summed E-state index contributed by atoms with van der Waals surface area (Å²) in [5, 5.41) is 6.63. The van der Waals surface area contributed by atoms with Crippen molar-refractivity contribution in [3.8, 4) is 11.1 Å². The van der Waals surface area contributed by atoms with E-state index in [1.165, 1.54) is 0 Å². The summed E-state index contributed by atoms with van der Waals surface area (Å²) in [6.45, 7) is 3.85. The molecule has 28 heavy (non-hydrogen) atoms. The number of hydrogen-bond acceptors (Lipinski definition) is 3. The van der Waals surface area contributed by atoms with E-state index in [9.17, 15) is 9.59 Å². The van der Waals surface area contributed by atoms with Crippen molar-refractivity contribution in [1.29, 1.82) is 0 Å². The number of carbonyl (C=O) groups excluding carboxylic acids is 2. The Morgan fingerprint density at radius 1 is 1.04 bits per heavy atom. The second-order valence-corrected chi connectivity index (χ2v) is 7.97. The maximum Gasteiger partial charge on any atom is 0.254 e. The third-order valence-electron chi connectivity index (χ3n) is 6.02. The van der Waals surface area contributed by atoms with Gasteiger partial charge < -0.3 is 15.5 Å². The van der Waals surface area contributed by atoms with Gasteiger partial charge in [-0.3, -0.25) is 9.59 Å². The molecule has 0 bridgehead atoms. The number of piperidine rings is 1. The zero-order chi connectivity index (χ0) is 19.6. The Morgan fingerprint density at radius 3 is 2.43 bits per heavy atom. The normalized spacial score (nSPS) is 20.9. The zero-order valence-electron chi connectivity index (χ0n) is 16.3. The predicted octanol–water partition coefficient (Wildman–Crippen LogP) is 2.83. The van der Waals surface area contributed by atoms with E-state index in [-0.39, 0.29) is 23.4 Å². The van der Waals surface area contributed by atoms with Crippen molar-refractivity contribution in [2.24, 2.45) is 0 Å².